The molecular weight excluding hydrogens is 306 g/mol. The topological polar surface area (TPSA) is 55.2 Å². The van der Waals surface area contributed by atoms with Gasteiger partial charge in [0, 0.05) is 36.8 Å². The summed E-state index contributed by atoms with van der Waals surface area (Å²) < 4.78 is 27.1. The Labute approximate surface area is 132 Å². The highest BCUT2D eigenvalue weighted by Crippen LogP contribution is 2.28. The first-order chi connectivity index (χ1) is 9.68. The van der Waals surface area contributed by atoms with E-state index >= 15 is 0 Å². The standard InChI is InChI=1S/C14H25N3O2S2/c1-14(2,3)17-9-7-15-13(17)20-11-12-6-5-8-16(10-12)21(4,18)19/h7,9,12H,5-6,8,10-11H2,1-4H3/t12-/m0/s1. The molecule has 1 aliphatic heterocycles. The fraction of sp³-hybridized carbons (Fsp3) is 0.786. The van der Waals surface area contributed by atoms with Gasteiger partial charge in [0.2, 0.25) is 10.0 Å². The molecule has 1 atom stereocenters. The summed E-state index contributed by atoms with van der Waals surface area (Å²) in [6.45, 7) is 7.78. The molecule has 0 radical (unpaired) electrons. The van der Waals surface area contributed by atoms with Crippen LogP contribution in [0, 0.1) is 5.92 Å². The van der Waals surface area contributed by atoms with Crippen LogP contribution in [0.4, 0.5) is 0 Å². The molecule has 0 N–H and O–H groups in total. The lowest BCUT2D eigenvalue weighted by Gasteiger charge is -2.31. The van der Waals surface area contributed by atoms with Crippen LogP contribution in [0.2, 0.25) is 0 Å². The van der Waals surface area contributed by atoms with Crippen molar-refractivity contribution in [2.24, 2.45) is 5.92 Å². The van der Waals surface area contributed by atoms with E-state index in [4.69, 9.17) is 0 Å². The minimum absolute atomic E-state index is 0.0180. The van der Waals surface area contributed by atoms with E-state index in [2.05, 4.69) is 30.3 Å². The van der Waals surface area contributed by atoms with Gasteiger partial charge < -0.3 is 4.57 Å². The van der Waals surface area contributed by atoms with Crippen LogP contribution in [0.3, 0.4) is 0 Å². The van der Waals surface area contributed by atoms with Crippen molar-refractivity contribution in [1.29, 1.82) is 0 Å². The maximum absolute atomic E-state index is 11.7. The Morgan fingerprint density at radius 1 is 1.43 bits per heavy atom. The number of aromatic nitrogens is 2. The molecule has 0 unspecified atom stereocenters. The first kappa shape index (κ1) is 16.8. The highest BCUT2D eigenvalue weighted by atomic mass is 32.2. The van der Waals surface area contributed by atoms with Crippen molar-refractivity contribution in [2.75, 3.05) is 25.1 Å². The van der Waals surface area contributed by atoms with Crippen molar-refractivity contribution in [3.05, 3.63) is 12.4 Å². The SMILES string of the molecule is CC(C)(C)n1ccnc1SC[C@H]1CCCN(S(C)(=O)=O)C1. The van der Waals surface area contributed by atoms with Crippen molar-refractivity contribution < 1.29 is 8.42 Å². The Morgan fingerprint density at radius 3 is 2.76 bits per heavy atom. The highest BCUT2D eigenvalue weighted by Gasteiger charge is 2.26. The van der Waals surface area contributed by atoms with Crippen molar-refractivity contribution in [1.82, 2.24) is 13.9 Å². The number of nitrogens with zero attached hydrogens (tertiary/aromatic N) is 3. The minimum Gasteiger partial charge on any atom is -0.321 e. The van der Waals surface area contributed by atoms with Crippen molar-refractivity contribution in [3.8, 4) is 0 Å². The molecule has 0 aliphatic carbocycles. The Balaban J connectivity index is 1.96. The molecular formula is C14H25N3O2S2. The van der Waals surface area contributed by atoms with Crippen LogP contribution in [-0.4, -0.2) is 47.4 Å². The average molecular weight is 332 g/mol. The molecule has 0 bridgehead atoms. The number of piperidine rings is 1. The Kier molecular flexibility index (Phi) is 5.05. The van der Waals surface area contributed by atoms with Crippen LogP contribution in [0.5, 0.6) is 0 Å². The lowest BCUT2D eigenvalue weighted by Crippen LogP contribution is -2.40. The van der Waals surface area contributed by atoms with Gasteiger partial charge in [0.15, 0.2) is 5.16 Å². The van der Waals surface area contributed by atoms with Gasteiger partial charge in [0.05, 0.1) is 6.26 Å². The molecule has 1 aromatic rings. The molecule has 120 valence electrons. The smallest absolute Gasteiger partial charge is 0.211 e. The van der Waals surface area contributed by atoms with Crippen LogP contribution in [0.25, 0.3) is 0 Å². The molecule has 0 spiro atoms. The first-order valence-electron chi connectivity index (χ1n) is 7.29. The Morgan fingerprint density at radius 2 is 2.14 bits per heavy atom. The molecule has 1 aliphatic rings. The predicted molar refractivity (Wildman–Crippen MR) is 87.1 cm³/mol. The van der Waals surface area contributed by atoms with Gasteiger partial charge in [-0.15, -0.1) is 0 Å². The maximum Gasteiger partial charge on any atom is 0.211 e. The number of thioether (sulfide) groups is 1. The normalized spacial score (nSPS) is 21.6. The van der Waals surface area contributed by atoms with Crippen LogP contribution < -0.4 is 0 Å². The molecule has 1 saturated heterocycles. The number of rotatable bonds is 4. The third kappa shape index (κ3) is 4.47. The van der Waals surface area contributed by atoms with Gasteiger partial charge in [0.1, 0.15) is 0 Å². The maximum atomic E-state index is 11.7. The average Bonchev–Trinajstić information content (AvgIpc) is 2.84. The minimum atomic E-state index is -3.06. The Hall–Kier alpha value is -0.530. The van der Waals surface area contributed by atoms with Crippen molar-refractivity contribution in [2.45, 2.75) is 44.3 Å². The number of hydrogen-bond acceptors (Lipinski definition) is 4. The fourth-order valence-corrected chi connectivity index (χ4v) is 4.77. The van der Waals surface area contributed by atoms with E-state index in [1.807, 2.05) is 12.4 Å². The second-order valence-corrected chi connectivity index (χ2v) is 9.66. The first-order valence-corrected chi connectivity index (χ1v) is 10.1. The zero-order chi connectivity index (χ0) is 15.7. The summed E-state index contributed by atoms with van der Waals surface area (Å²) in [4.78, 5) is 4.43. The van der Waals surface area contributed by atoms with Gasteiger partial charge in [-0.25, -0.2) is 17.7 Å². The molecule has 7 heteroatoms. The second kappa shape index (κ2) is 6.30. The zero-order valence-electron chi connectivity index (χ0n) is 13.2. The van der Waals surface area contributed by atoms with Gasteiger partial charge in [0.25, 0.3) is 0 Å². The second-order valence-electron chi connectivity index (χ2n) is 6.69. The summed E-state index contributed by atoms with van der Waals surface area (Å²) in [6.07, 6.45) is 7.18. The number of imidazole rings is 1. The van der Waals surface area contributed by atoms with Crippen molar-refractivity contribution in [3.63, 3.8) is 0 Å². The number of sulfonamides is 1. The quantitative estimate of drug-likeness (QED) is 0.795. The third-order valence-corrected chi connectivity index (χ3v) is 6.20. The Bertz CT molecular complexity index is 575. The predicted octanol–water partition coefficient (Wildman–Crippen LogP) is 2.40. The van der Waals surface area contributed by atoms with Gasteiger partial charge in [-0.1, -0.05) is 11.8 Å². The summed E-state index contributed by atoms with van der Waals surface area (Å²) in [7, 11) is -3.06. The van der Waals surface area contributed by atoms with Crippen LogP contribution in [0.1, 0.15) is 33.6 Å². The molecule has 2 heterocycles. The molecule has 0 saturated carbocycles. The van der Waals surface area contributed by atoms with Crippen LogP contribution >= 0.6 is 11.8 Å². The van der Waals surface area contributed by atoms with Gasteiger partial charge in [-0.2, -0.15) is 0 Å². The highest BCUT2D eigenvalue weighted by molar-refractivity contribution is 7.99. The molecule has 1 aromatic heterocycles. The monoisotopic (exact) mass is 331 g/mol. The number of hydrogen-bond donors (Lipinski definition) is 0. The molecule has 5 nitrogen and oxygen atoms in total. The summed E-state index contributed by atoms with van der Waals surface area (Å²) in [5.41, 5.74) is 0.0180. The third-order valence-electron chi connectivity index (χ3n) is 3.73. The molecule has 0 amide bonds. The summed E-state index contributed by atoms with van der Waals surface area (Å²) in [5, 5.41) is 1.01. The van der Waals surface area contributed by atoms with E-state index in [0.717, 1.165) is 23.8 Å². The van der Waals surface area contributed by atoms with Gasteiger partial charge in [-0.05, 0) is 39.5 Å². The van der Waals surface area contributed by atoms with E-state index in [1.54, 1.807) is 16.1 Å². The lowest BCUT2D eigenvalue weighted by atomic mass is 10.0. The fourth-order valence-electron chi connectivity index (χ4n) is 2.56. The van der Waals surface area contributed by atoms with E-state index in [1.165, 1.54) is 6.26 Å². The van der Waals surface area contributed by atoms with Crippen LogP contribution in [0.15, 0.2) is 17.6 Å². The van der Waals surface area contributed by atoms with Gasteiger partial charge >= 0.3 is 0 Å². The van der Waals surface area contributed by atoms with E-state index in [-0.39, 0.29) is 5.54 Å². The molecule has 0 aromatic carbocycles. The zero-order valence-corrected chi connectivity index (χ0v) is 14.9. The summed E-state index contributed by atoms with van der Waals surface area (Å²) in [5.74, 6) is 1.32. The van der Waals surface area contributed by atoms with E-state index < -0.39 is 10.0 Å². The lowest BCUT2D eigenvalue weighted by molar-refractivity contribution is 0.286. The van der Waals surface area contributed by atoms with Crippen LogP contribution in [-0.2, 0) is 15.6 Å². The largest absolute Gasteiger partial charge is 0.321 e. The molecule has 2 rings (SSSR count). The molecule has 21 heavy (non-hydrogen) atoms. The molecule has 1 fully saturated rings. The van der Waals surface area contributed by atoms with E-state index in [0.29, 0.717) is 19.0 Å². The van der Waals surface area contributed by atoms with Gasteiger partial charge in [-0.3, -0.25) is 0 Å². The van der Waals surface area contributed by atoms with E-state index in [9.17, 15) is 8.42 Å². The van der Waals surface area contributed by atoms with Crippen molar-refractivity contribution >= 4 is 21.8 Å². The summed E-state index contributed by atoms with van der Waals surface area (Å²) in [6, 6.07) is 0. The summed E-state index contributed by atoms with van der Waals surface area (Å²) >= 11 is 1.73.